The molecule has 0 saturated heterocycles. The molecule has 0 fully saturated rings. The fourth-order valence-corrected chi connectivity index (χ4v) is 2.08. The highest BCUT2D eigenvalue weighted by Gasteiger charge is 2.21. The van der Waals surface area contributed by atoms with Crippen molar-refractivity contribution in [1.29, 1.82) is 0 Å². The fourth-order valence-electron chi connectivity index (χ4n) is 1.56. The minimum atomic E-state index is -0.169. The van der Waals surface area contributed by atoms with Crippen molar-refractivity contribution in [3.05, 3.63) is 27.5 Å². The first-order valence-electron chi connectivity index (χ1n) is 5.70. The second-order valence-corrected chi connectivity index (χ2v) is 5.44. The highest BCUT2D eigenvalue weighted by atomic mass is 79.9. The van der Waals surface area contributed by atoms with Gasteiger partial charge in [0.2, 0.25) is 0 Å². The van der Waals surface area contributed by atoms with Crippen molar-refractivity contribution in [1.82, 2.24) is 9.88 Å². The molecule has 0 saturated carbocycles. The summed E-state index contributed by atoms with van der Waals surface area (Å²) in [6.07, 6.45) is 2.09. The number of hydrogen-bond donors (Lipinski definition) is 1. The Bertz CT molecular complexity index is 427. The number of rotatable bonds is 5. The zero-order valence-electron chi connectivity index (χ0n) is 10.4. The van der Waals surface area contributed by atoms with E-state index in [9.17, 15) is 4.79 Å². The first-order chi connectivity index (χ1) is 8.47. The third-order valence-corrected chi connectivity index (χ3v) is 3.21. The van der Waals surface area contributed by atoms with Gasteiger partial charge in [-0.2, -0.15) is 0 Å². The van der Waals surface area contributed by atoms with Crippen molar-refractivity contribution in [3.63, 3.8) is 0 Å². The van der Waals surface area contributed by atoms with Gasteiger partial charge in [-0.25, -0.2) is 4.98 Å². The summed E-state index contributed by atoms with van der Waals surface area (Å²) in [6, 6.07) is 1.70. The third-order valence-electron chi connectivity index (χ3n) is 2.48. The number of carbonyl (C=O) groups excluding carboxylic acids is 1. The Kier molecular flexibility index (Phi) is 6.05. The molecule has 1 amide bonds. The van der Waals surface area contributed by atoms with Gasteiger partial charge in [-0.1, -0.05) is 11.6 Å². The molecule has 0 radical (unpaired) electrons. The maximum absolute atomic E-state index is 12.4. The van der Waals surface area contributed by atoms with Gasteiger partial charge >= 0.3 is 0 Å². The molecular formula is C12H16BrClN2O2. The van der Waals surface area contributed by atoms with Gasteiger partial charge < -0.3 is 10.0 Å². The zero-order chi connectivity index (χ0) is 13.7. The van der Waals surface area contributed by atoms with E-state index in [4.69, 9.17) is 16.7 Å². The summed E-state index contributed by atoms with van der Waals surface area (Å²) in [5, 5.41) is 9.06. The molecule has 1 N–H and O–H groups in total. The molecule has 0 atom stereocenters. The molecule has 0 aliphatic heterocycles. The first kappa shape index (κ1) is 15.4. The van der Waals surface area contributed by atoms with Crippen LogP contribution in [0, 0.1) is 0 Å². The van der Waals surface area contributed by atoms with Crippen LogP contribution in [0.2, 0.25) is 5.15 Å². The zero-order valence-corrected chi connectivity index (χ0v) is 12.7. The quantitative estimate of drug-likeness (QED) is 0.842. The predicted octanol–water partition coefficient (Wildman–Crippen LogP) is 2.73. The van der Waals surface area contributed by atoms with Gasteiger partial charge in [-0.3, -0.25) is 4.79 Å². The average Bonchev–Trinajstić information content (AvgIpc) is 2.32. The molecule has 1 aromatic rings. The van der Waals surface area contributed by atoms with Crippen LogP contribution in [0.15, 0.2) is 16.7 Å². The van der Waals surface area contributed by atoms with Gasteiger partial charge in [-0.05, 0) is 42.3 Å². The number of nitrogens with zero attached hydrogens (tertiary/aromatic N) is 2. The normalized spacial score (nSPS) is 10.8. The Morgan fingerprint density at radius 2 is 2.28 bits per heavy atom. The van der Waals surface area contributed by atoms with Gasteiger partial charge in [0.1, 0.15) is 5.15 Å². The van der Waals surface area contributed by atoms with Crippen LogP contribution in [0.4, 0.5) is 0 Å². The molecule has 0 spiro atoms. The lowest BCUT2D eigenvalue weighted by Crippen LogP contribution is -2.38. The van der Waals surface area contributed by atoms with Crippen LogP contribution in [0.1, 0.15) is 30.6 Å². The number of carbonyl (C=O) groups is 1. The lowest BCUT2D eigenvalue weighted by atomic mass is 10.2. The van der Waals surface area contributed by atoms with E-state index < -0.39 is 0 Å². The molecule has 1 aromatic heterocycles. The van der Waals surface area contributed by atoms with Gasteiger partial charge in [0.15, 0.2) is 0 Å². The number of halogens is 2. The molecule has 4 nitrogen and oxygen atoms in total. The van der Waals surface area contributed by atoms with Gasteiger partial charge in [0, 0.05) is 29.9 Å². The average molecular weight is 336 g/mol. The Morgan fingerprint density at radius 3 is 2.83 bits per heavy atom. The molecule has 1 rings (SSSR count). The summed E-state index contributed by atoms with van der Waals surface area (Å²) >= 11 is 9.22. The maximum atomic E-state index is 12.4. The summed E-state index contributed by atoms with van der Waals surface area (Å²) in [5.74, 6) is -0.169. The third kappa shape index (κ3) is 3.93. The fraction of sp³-hybridized carbons (Fsp3) is 0.500. The molecule has 18 heavy (non-hydrogen) atoms. The lowest BCUT2D eigenvalue weighted by molar-refractivity contribution is 0.0693. The smallest absolute Gasteiger partial charge is 0.257 e. The number of pyridine rings is 1. The van der Waals surface area contributed by atoms with E-state index in [1.54, 1.807) is 17.2 Å². The minimum absolute atomic E-state index is 0.0408. The second kappa shape index (κ2) is 7.07. The van der Waals surface area contributed by atoms with Crippen molar-refractivity contribution in [2.24, 2.45) is 0 Å². The number of aliphatic hydroxyl groups is 1. The molecule has 0 aliphatic rings. The Hall–Kier alpha value is -0.650. The van der Waals surface area contributed by atoms with Crippen molar-refractivity contribution >= 4 is 33.4 Å². The topological polar surface area (TPSA) is 53.4 Å². The molecule has 1 heterocycles. The maximum Gasteiger partial charge on any atom is 0.257 e. The molecule has 0 aliphatic carbocycles. The van der Waals surface area contributed by atoms with Gasteiger partial charge in [0.25, 0.3) is 5.91 Å². The predicted molar refractivity (Wildman–Crippen MR) is 74.8 cm³/mol. The van der Waals surface area contributed by atoms with Gasteiger partial charge in [-0.15, -0.1) is 0 Å². The summed E-state index contributed by atoms with van der Waals surface area (Å²) in [6.45, 7) is 4.40. The number of hydrogen-bond acceptors (Lipinski definition) is 3. The van der Waals surface area contributed by atoms with Crippen LogP contribution >= 0.6 is 27.5 Å². The molecule has 6 heteroatoms. The monoisotopic (exact) mass is 334 g/mol. The lowest BCUT2D eigenvalue weighted by Gasteiger charge is -2.26. The molecule has 0 bridgehead atoms. The van der Waals surface area contributed by atoms with E-state index in [1.165, 1.54) is 0 Å². The highest BCUT2D eigenvalue weighted by Crippen LogP contribution is 2.20. The summed E-state index contributed by atoms with van der Waals surface area (Å²) in [7, 11) is 0. The van der Waals surface area contributed by atoms with Crippen molar-refractivity contribution in [2.45, 2.75) is 26.3 Å². The molecule has 100 valence electrons. The van der Waals surface area contributed by atoms with E-state index in [-0.39, 0.29) is 23.7 Å². The van der Waals surface area contributed by atoms with Gasteiger partial charge in [0.05, 0.1) is 5.56 Å². The summed E-state index contributed by atoms with van der Waals surface area (Å²) in [5.41, 5.74) is 0.373. The Balaban J connectivity index is 2.98. The number of aliphatic hydroxyl groups excluding tert-OH is 1. The van der Waals surface area contributed by atoms with Crippen molar-refractivity contribution in [2.75, 3.05) is 13.2 Å². The van der Waals surface area contributed by atoms with Crippen LogP contribution in [-0.4, -0.2) is 40.1 Å². The Labute approximate surface area is 120 Å². The van der Waals surface area contributed by atoms with Crippen LogP contribution in [0.3, 0.4) is 0 Å². The summed E-state index contributed by atoms with van der Waals surface area (Å²) in [4.78, 5) is 18.0. The van der Waals surface area contributed by atoms with E-state index >= 15 is 0 Å². The van der Waals surface area contributed by atoms with Crippen LogP contribution in [-0.2, 0) is 0 Å². The first-order valence-corrected chi connectivity index (χ1v) is 6.87. The van der Waals surface area contributed by atoms with E-state index in [0.29, 0.717) is 23.0 Å². The van der Waals surface area contributed by atoms with Crippen LogP contribution in [0.5, 0.6) is 0 Å². The summed E-state index contributed by atoms with van der Waals surface area (Å²) < 4.78 is 0.709. The largest absolute Gasteiger partial charge is 0.396 e. The second-order valence-electron chi connectivity index (χ2n) is 4.16. The van der Waals surface area contributed by atoms with E-state index in [0.717, 1.165) is 0 Å². The van der Waals surface area contributed by atoms with Crippen molar-refractivity contribution in [3.8, 4) is 0 Å². The Morgan fingerprint density at radius 1 is 1.61 bits per heavy atom. The number of amides is 1. The highest BCUT2D eigenvalue weighted by molar-refractivity contribution is 9.10. The van der Waals surface area contributed by atoms with Crippen molar-refractivity contribution < 1.29 is 9.90 Å². The van der Waals surface area contributed by atoms with Crippen LogP contribution < -0.4 is 0 Å². The molecule has 0 aromatic carbocycles. The van der Waals surface area contributed by atoms with E-state index in [2.05, 4.69) is 20.9 Å². The standard InChI is InChI=1S/C12H16BrClN2O2/c1-8(2)16(4-3-5-17)12(18)10-6-9(13)7-15-11(10)14/h6-8,17H,3-5H2,1-2H3. The van der Waals surface area contributed by atoms with E-state index in [1.807, 2.05) is 13.8 Å². The SMILES string of the molecule is CC(C)N(CCCO)C(=O)c1cc(Br)cnc1Cl. The minimum Gasteiger partial charge on any atom is -0.396 e. The molecule has 0 unspecified atom stereocenters. The van der Waals surface area contributed by atoms with Crippen LogP contribution in [0.25, 0.3) is 0 Å². The molecular weight excluding hydrogens is 320 g/mol. The number of aromatic nitrogens is 1.